The van der Waals surface area contributed by atoms with E-state index in [1.807, 2.05) is 12.1 Å². The Bertz CT molecular complexity index is 904. The lowest BCUT2D eigenvalue weighted by atomic mass is 10.0. The average Bonchev–Trinajstić information content (AvgIpc) is 3.10. The highest BCUT2D eigenvalue weighted by Crippen LogP contribution is 2.24. The second-order valence-electron chi connectivity index (χ2n) is 7.10. The molecular formula is C22H26N4OS. The number of hydrogen-bond donors (Lipinski definition) is 0. The van der Waals surface area contributed by atoms with Gasteiger partial charge in [0, 0.05) is 30.9 Å². The van der Waals surface area contributed by atoms with Gasteiger partial charge in [-0.25, -0.2) is 0 Å². The lowest BCUT2D eigenvalue weighted by Crippen LogP contribution is -2.08. The van der Waals surface area contributed by atoms with E-state index in [1.165, 1.54) is 17.3 Å². The van der Waals surface area contributed by atoms with Crippen molar-refractivity contribution in [3.63, 3.8) is 0 Å². The summed E-state index contributed by atoms with van der Waals surface area (Å²) in [6, 6.07) is 12.2. The molecule has 2 heterocycles. The Morgan fingerprint density at radius 3 is 2.57 bits per heavy atom. The molecule has 0 spiro atoms. The van der Waals surface area contributed by atoms with Gasteiger partial charge in [-0.05, 0) is 35.6 Å². The third kappa shape index (κ3) is 5.07. The van der Waals surface area contributed by atoms with E-state index < -0.39 is 0 Å². The Hall–Kier alpha value is -2.47. The number of nitrogens with zero attached hydrogens (tertiary/aromatic N) is 4. The SMILES string of the molecule is CCCn1c(SCC(=O)Cc2ccc(C(C)C)cc2)nnc1-c1cccnc1. The maximum Gasteiger partial charge on any atom is 0.191 e. The van der Waals surface area contributed by atoms with E-state index in [2.05, 4.69) is 64.8 Å². The number of Topliss-reactive ketones (excluding diaryl/α,β-unsaturated/α-hetero) is 1. The molecule has 2 aromatic heterocycles. The van der Waals surface area contributed by atoms with Crippen LogP contribution in [0.4, 0.5) is 0 Å². The van der Waals surface area contributed by atoms with Crippen LogP contribution in [0.25, 0.3) is 11.4 Å². The molecule has 0 bridgehead atoms. The molecule has 0 aliphatic heterocycles. The summed E-state index contributed by atoms with van der Waals surface area (Å²) in [7, 11) is 0. The van der Waals surface area contributed by atoms with E-state index >= 15 is 0 Å². The first kappa shape index (κ1) is 20.3. The Morgan fingerprint density at radius 2 is 1.93 bits per heavy atom. The predicted octanol–water partition coefficient (Wildman–Crippen LogP) is 4.78. The van der Waals surface area contributed by atoms with Gasteiger partial charge in [0.2, 0.25) is 0 Å². The summed E-state index contributed by atoms with van der Waals surface area (Å²) < 4.78 is 2.08. The number of rotatable bonds is 9. The lowest BCUT2D eigenvalue weighted by Gasteiger charge is -2.09. The van der Waals surface area contributed by atoms with Crippen molar-refractivity contribution in [2.45, 2.75) is 51.2 Å². The largest absolute Gasteiger partial charge is 0.302 e. The molecule has 0 radical (unpaired) electrons. The standard InChI is InChI=1S/C22H26N4OS/c1-4-12-26-21(19-6-5-11-23-14-19)24-25-22(26)28-15-20(27)13-17-7-9-18(10-8-17)16(2)3/h5-11,14,16H,4,12-13,15H2,1-3H3. The average molecular weight is 395 g/mol. The Morgan fingerprint density at radius 1 is 1.14 bits per heavy atom. The van der Waals surface area contributed by atoms with Crippen LogP contribution in [-0.4, -0.2) is 31.3 Å². The van der Waals surface area contributed by atoms with E-state index in [0.717, 1.165) is 35.1 Å². The van der Waals surface area contributed by atoms with Crippen molar-refractivity contribution in [2.75, 3.05) is 5.75 Å². The van der Waals surface area contributed by atoms with Crippen LogP contribution in [0.15, 0.2) is 53.9 Å². The first-order valence-electron chi connectivity index (χ1n) is 9.65. The third-order valence-electron chi connectivity index (χ3n) is 4.49. The molecule has 3 rings (SSSR count). The van der Waals surface area contributed by atoms with Gasteiger partial charge < -0.3 is 4.57 Å². The van der Waals surface area contributed by atoms with Crippen LogP contribution in [0.2, 0.25) is 0 Å². The summed E-state index contributed by atoms with van der Waals surface area (Å²) in [6.45, 7) is 7.27. The van der Waals surface area contributed by atoms with Crippen molar-refractivity contribution in [1.29, 1.82) is 0 Å². The van der Waals surface area contributed by atoms with E-state index in [0.29, 0.717) is 18.1 Å². The van der Waals surface area contributed by atoms with E-state index in [4.69, 9.17) is 0 Å². The van der Waals surface area contributed by atoms with Gasteiger partial charge in [0.1, 0.15) is 5.78 Å². The molecule has 0 atom stereocenters. The normalized spacial score (nSPS) is 11.1. The lowest BCUT2D eigenvalue weighted by molar-refractivity contribution is -0.116. The van der Waals surface area contributed by atoms with Crippen molar-refractivity contribution in [2.24, 2.45) is 0 Å². The molecule has 0 saturated carbocycles. The number of ketones is 1. The molecule has 0 aliphatic rings. The van der Waals surface area contributed by atoms with Crippen LogP contribution in [0.3, 0.4) is 0 Å². The predicted molar refractivity (Wildman–Crippen MR) is 114 cm³/mol. The fourth-order valence-corrected chi connectivity index (χ4v) is 3.80. The number of hydrogen-bond acceptors (Lipinski definition) is 5. The van der Waals surface area contributed by atoms with Crippen LogP contribution in [0.1, 0.15) is 44.2 Å². The maximum atomic E-state index is 12.5. The highest BCUT2D eigenvalue weighted by atomic mass is 32.2. The topological polar surface area (TPSA) is 60.7 Å². The molecule has 28 heavy (non-hydrogen) atoms. The molecular weight excluding hydrogens is 368 g/mol. The van der Waals surface area contributed by atoms with Crippen LogP contribution in [0, 0.1) is 0 Å². The smallest absolute Gasteiger partial charge is 0.191 e. The fraction of sp³-hybridized carbons (Fsp3) is 0.364. The summed E-state index contributed by atoms with van der Waals surface area (Å²) in [4.78, 5) is 16.6. The summed E-state index contributed by atoms with van der Waals surface area (Å²) >= 11 is 1.46. The number of carbonyl (C=O) groups excluding carboxylic acids is 1. The zero-order chi connectivity index (χ0) is 19.9. The Labute approximate surface area is 170 Å². The summed E-state index contributed by atoms with van der Waals surface area (Å²) in [5.41, 5.74) is 3.29. The Balaban J connectivity index is 1.65. The number of aromatic nitrogens is 4. The zero-order valence-electron chi connectivity index (χ0n) is 16.6. The van der Waals surface area contributed by atoms with Gasteiger partial charge in [-0.15, -0.1) is 10.2 Å². The van der Waals surface area contributed by atoms with Gasteiger partial charge in [-0.2, -0.15) is 0 Å². The summed E-state index contributed by atoms with van der Waals surface area (Å²) in [5, 5.41) is 9.43. The molecule has 3 aromatic rings. The minimum Gasteiger partial charge on any atom is -0.302 e. The van der Waals surface area contributed by atoms with Crippen molar-refractivity contribution < 1.29 is 4.79 Å². The van der Waals surface area contributed by atoms with Crippen LogP contribution in [0.5, 0.6) is 0 Å². The zero-order valence-corrected chi connectivity index (χ0v) is 17.4. The van der Waals surface area contributed by atoms with Crippen LogP contribution in [-0.2, 0) is 17.8 Å². The molecule has 0 aliphatic carbocycles. The number of carbonyl (C=O) groups is 1. The van der Waals surface area contributed by atoms with E-state index in [1.54, 1.807) is 12.4 Å². The second kappa shape index (κ2) is 9.64. The van der Waals surface area contributed by atoms with Crippen LogP contribution < -0.4 is 0 Å². The summed E-state index contributed by atoms with van der Waals surface area (Å²) in [5.74, 6) is 1.88. The molecule has 0 N–H and O–H groups in total. The van der Waals surface area contributed by atoms with E-state index in [9.17, 15) is 4.79 Å². The monoisotopic (exact) mass is 394 g/mol. The van der Waals surface area contributed by atoms with Gasteiger partial charge in [0.05, 0.1) is 5.75 Å². The van der Waals surface area contributed by atoms with E-state index in [-0.39, 0.29) is 5.78 Å². The third-order valence-corrected chi connectivity index (χ3v) is 5.52. The van der Waals surface area contributed by atoms with Crippen molar-refractivity contribution >= 4 is 17.5 Å². The van der Waals surface area contributed by atoms with Gasteiger partial charge in [-0.3, -0.25) is 9.78 Å². The van der Waals surface area contributed by atoms with Crippen molar-refractivity contribution in [1.82, 2.24) is 19.7 Å². The molecule has 6 heteroatoms. The molecule has 0 amide bonds. The first-order chi connectivity index (χ1) is 13.6. The highest BCUT2D eigenvalue weighted by molar-refractivity contribution is 7.99. The summed E-state index contributed by atoms with van der Waals surface area (Å²) in [6.07, 6.45) is 4.94. The molecule has 0 saturated heterocycles. The van der Waals surface area contributed by atoms with Crippen molar-refractivity contribution in [3.8, 4) is 11.4 Å². The molecule has 1 aromatic carbocycles. The highest BCUT2D eigenvalue weighted by Gasteiger charge is 2.15. The maximum absolute atomic E-state index is 12.5. The van der Waals surface area contributed by atoms with Gasteiger partial charge in [-0.1, -0.05) is 56.8 Å². The molecule has 0 fully saturated rings. The molecule has 5 nitrogen and oxygen atoms in total. The first-order valence-corrected chi connectivity index (χ1v) is 10.6. The quantitative estimate of drug-likeness (QED) is 0.489. The van der Waals surface area contributed by atoms with Gasteiger partial charge in [0.15, 0.2) is 11.0 Å². The molecule has 146 valence electrons. The number of pyridine rings is 1. The number of thioether (sulfide) groups is 1. The fourth-order valence-electron chi connectivity index (χ4n) is 2.97. The minimum atomic E-state index is 0.191. The van der Waals surface area contributed by atoms with Crippen LogP contribution >= 0.6 is 11.8 Å². The minimum absolute atomic E-state index is 0.191. The second-order valence-corrected chi connectivity index (χ2v) is 8.04. The van der Waals surface area contributed by atoms with Gasteiger partial charge in [0.25, 0.3) is 0 Å². The Kier molecular flexibility index (Phi) is 6.98. The van der Waals surface area contributed by atoms with Gasteiger partial charge >= 0.3 is 0 Å². The number of benzene rings is 1. The van der Waals surface area contributed by atoms with Crippen molar-refractivity contribution in [3.05, 3.63) is 59.9 Å². The molecule has 0 unspecified atom stereocenters.